The fourth-order valence-electron chi connectivity index (χ4n) is 1.88. The molecule has 5 heteroatoms. The fourth-order valence-corrected chi connectivity index (χ4v) is 2.16. The van der Waals surface area contributed by atoms with Gasteiger partial charge in [-0.15, -0.1) is 0 Å². The predicted octanol–water partition coefficient (Wildman–Crippen LogP) is 4.67. The maximum absolute atomic E-state index is 6.22. The van der Waals surface area contributed by atoms with Gasteiger partial charge in [-0.3, -0.25) is 0 Å². The SMILES string of the molecule is COCc1cc(Oc2ccc(C)cc2Cl)nc(C(C)(C)C)n1. The molecule has 118 valence electrons. The van der Waals surface area contributed by atoms with E-state index in [2.05, 4.69) is 30.7 Å². The van der Waals surface area contributed by atoms with Gasteiger partial charge in [0.15, 0.2) is 0 Å². The van der Waals surface area contributed by atoms with E-state index in [1.165, 1.54) is 0 Å². The molecule has 2 aromatic rings. The van der Waals surface area contributed by atoms with Crippen LogP contribution in [0.5, 0.6) is 11.6 Å². The van der Waals surface area contributed by atoms with Gasteiger partial charge in [0, 0.05) is 18.6 Å². The van der Waals surface area contributed by atoms with Crippen molar-refractivity contribution in [1.82, 2.24) is 9.97 Å². The lowest BCUT2D eigenvalue weighted by molar-refractivity contribution is 0.180. The van der Waals surface area contributed by atoms with E-state index in [-0.39, 0.29) is 5.41 Å². The molecule has 0 aliphatic carbocycles. The van der Waals surface area contributed by atoms with Gasteiger partial charge in [-0.2, -0.15) is 4.98 Å². The van der Waals surface area contributed by atoms with Crippen molar-refractivity contribution in [3.63, 3.8) is 0 Å². The third-order valence-electron chi connectivity index (χ3n) is 3.02. The van der Waals surface area contributed by atoms with E-state index in [1.807, 2.05) is 25.1 Å². The molecule has 0 amide bonds. The summed E-state index contributed by atoms with van der Waals surface area (Å²) in [5, 5.41) is 0.559. The smallest absolute Gasteiger partial charge is 0.222 e. The van der Waals surface area contributed by atoms with E-state index in [1.54, 1.807) is 13.2 Å². The Balaban J connectivity index is 2.39. The van der Waals surface area contributed by atoms with Crippen molar-refractivity contribution in [2.75, 3.05) is 7.11 Å². The Morgan fingerprint density at radius 2 is 1.86 bits per heavy atom. The van der Waals surface area contributed by atoms with Gasteiger partial charge in [0.1, 0.15) is 11.6 Å². The largest absolute Gasteiger partial charge is 0.437 e. The minimum Gasteiger partial charge on any atom is -0.437 e. The zero-order valence-electron chi connectivity index (χ0n) is 13.6. The Morgan fingerprint density at radius 1 is 1.14 bits per heavy atom. The molecule has 2 rings (SSSR count). The van der Waals surface area contributed by atoms with Crippen molar-refractivity contribution in [3.05, 3.63) is 46.4 Å². The van der Waals surface area contributed by atoms with E-state index in [0.717, 1.165) is 11.3 Å². The first-order chi connectivity index (χ1) is 10.3. The number of methoxy groups -OCH3 is 1. The van der Waals surface area contributed by atoms with E-state index < -0.39 is 0 Å². The Kier molecular flexibility index (Phi) is 5.04. The molecule has 0 fully saturated rings. The van der Waals surface area contributed by atoms with Crippen LogP contribution in [0.15, 0.2) is 24.3 Å². The van der Waals surface area contributed by atoms with Crippen molar-refractivity contribution >= 4 is 11.6 Å². The van der Waals surface area contributed by atoms with Crippen LogP contribution in [-0.2, 0) is 16.8 Å². The third-order valence-corrected chi connectivity index (χ3v) is 3.32. The van der Waals surface area contributed by atoms with Gasteiger partial charge >= 0.3 is 0 Å². The standard InChI is InChI=1S/C17H21ClN2O2/c1-11-6-7-14(13(18)8-11)22-15-9-12(10-21-5)19-16(20-15)17(2,3)4/h6-9H,10H2,1-5H3. The monoisotopic (exact) mass is 320 g/mol. The molecule has 0 bridgehead atoms. The van der Waals surface area contributed by atoms with Gasteiger partial charge in [-0.1, -0.05) is 38.4 Å². The van der Waals surface area contributed by atoms with Crippen LogP contribution >= 0.6 is 11.6 Å². The first kappa shape index (κ1) is 16.7. The average molecular weight is 321 g/mol. The minimum atomic E-state index is -0.182. The van der Waals surface area contributed by atoms with Crippen LogP contribution in [0.4, 0.5) is 0 Å². The number of aromatic nitrogens is 2. The second-order valence-electron chi connectivity index (χ2n) is 6.24. The fraction of sp³-hybridized carbons (Fsp3) is 0.412. The molecule has 1 heterocycles. The summed E-state index contributed by atoms with van der Waals surface area (Å²) in [4.78, 5) is 9.02. The van der Waals surface area contributed by atoms with E-state index >= 15 is 0 Å². The van der Waals surface area contributed by atoms with E-state index in [9.17, 15) is 0 Å². The van der Waals surface area contributed by atoms with Crippen molar-refractivity contribution in [3.8, 4) is 11.6 Å². The highest BCUT2D eigenvalue weighted by molar-refractivity contribution is 6.32. The summed E-state index contributed by atoms with van der Waals surface area (Å²) in [7, 11) is 1.64. The maximum atomic E-state index is 6.22. The maximum Gasteiger partial charge on any atom is 0.222 e. The second kappa shape index (κ2) is 6.63. The summed E-state index contributed by atoms with van der Waals surface area (Å²) in [5.74, 6) is 1.76. The van der Waals surface area contributed by atoms with Crippen LogP contribution in [0.2, 0.25) is 5.02 Å². The zero-order valence-corrected chi connectivity index (χ0v) is 14.4. The normalized spacial score (nSPS) is 11.5. The molecule has 0 saturated heterocycles. The summed E-state index contributed by atoms with van der Waals surface area (Å²) in [6.07, 6.45) is 0. The van der Waals surface area contributed by atoms with Crippen LogP contribution in [0.25, 0.3) is 0 Å². The van der Waals surface area contributed by atoms with Gasteiger partial charge in [0.25, 0.3) is 0 Å². The van der Waals surface area contributed by atoms with Crippen LogP contribution in [-0.4, -0.2) is 17.1 Å². The number of hydrogen-bond acceptors (Lipinski definition) is 4. The number of ether oxygens (including phenoxy) is 2. The van der Waals surface area contributed by atoms with E-state index in [4.69, 9.17) is 21.1 Å². The van der Waals surface area contributed by atoms with Gasteiger partial charge in [-0.25, -0.2) is 4.98 Å². The molecule has 1 aromatic heterocycles. The summed E-state index contributed by atoms with van der Waals surface area (Å²) in [5.41, 5.74) is 1.68. The van der Waals surface area contributed by atoms with Crippen molar-refractivity contribution in [2.45, 2.75) is 39.7 Å². The first-order valence-electron chi connectivity index (χ1n) is 7.11. The van der Waals surface area contributed by atoms with Crippen LogP contribution in [0.1, 0.15) is 37.9 Å². The topological polar surface area (TPSA) is 44.2 Å². The molecular weight excluding hydrogens is 300 g/mol. The second-order valence-corrected chi connectivity index (χ2v) is 6.65. The number of halogens is 1. The van der Waals surface area contributed by atoms with E-state index in [0.29, 0.717) is 29.1 Å². The molecule has 0 aliphatic rings. The lowest BCUT2D eigenvalue weighted by Gasteiger charge is -2.18. The number of hydrogen-bond donors (Lipinski definition) is 0. The van der Waals surface area contributed by atoms with Gasteiger partial charge < -0.3 is 9.47 Å². The highest BCUT2D eigenvalue weighted by atomic mass is 35.5. The molecule has 1 aromatic carbocycles. The minimum absolute atomic E-state index is 0.182. The Hall–Kier alpha value is -1.65. The Morgan fingerprint density at radius 3 is 2.45 bits per heavy atom. The molecule has 0 aliphatic heterocycles. The highest BCUT2D eigenvalue weighted by Gasteiger charge is 2.20. The average Bonchev–Trinajstić information content (AvgIpc) is 2.41. The molecule has 0 atom stereocenters. The molecule has 0 N–H and O–H groups in total. The summed E-state index contributed by atoms with van der Waals surface area (Å²) in [6.45, 7) is 8.56. The number of rotatable bonds is 4. The van der Waals surface area contributed by atoms with Crippen LogP contribution < -0.4 is 4.74 Å². The van der Waals surface area contributed by atoms with Crippen LogP contribution in [0.3, 0.4) is 0 Å². The third kappa shape index (κ3) is 4.18. The molecule has 0 unspecified atom stereocenters. The molecule has 4 nitrogen and oxygen atoms in total. The van der Waals surface area contributed by atoms with Crippen LogP contribution in [0, 0.1) is 6.92 Å². The van der Waals surface area contributed by atoms with Crippen molar-refractivity contribution in [2.24, 2.45) is 0 Å². The van der Waals surface area contributed by atoms with Gasteiger partial charge in [-0.05, 0) is 24.6 Å². The lowest BCUT2D eigenvalue weighted by Crippen LogP contribution is -2.17. The Bertz CT molecular complexity index is 666. The highest BCUT2D eigenvalue weighted by Crippen LogP contribution is 2.30. The Labute approximate surface area is 136 Å². The molecule has 0 saturated carbocycles. The van der Waals surface area contributed by atoms with Crippen molar-refractivity contribution in [1.29, 1.82) is 0 Å². The molecule has 0 radical (unpaired) electrons. The summed E-state index contributed by atoms with van der Waals surface area (Å²) in [6, 6.07) is 7.42. The van der Waals surface area contributed by atoms with Gasteiger partial charge in [0.05, 0.1) is 17.3 Å². The lowest BCUT2D eigenvalue weighted by atomic mass is 9.95. The predicted molar refractivity (Wildman–Crippen MR) is 87.7 cm³/mol. The zero-order chi connectivity index (χ0) is 16.3. The molecule has 0 spiro atoms. The number of benzene rings is 1. The van der Waals surface area contributed by atoms with Gasteiger partial charge in [0.2, 0.25) is 5.88 Å². The summed E-state index contributed by atoms with van der Waals surface area (Å²) >= 11 is 6.22. The first-order valence-corrected chi connectivity index (χ1v) is 7.49. The molecule has 22 heavy (non-hydrogen) atoms. The number of aryl methyl sites for hydroxylation is 1. The number of nitrogens with zero attached hydrogens (tertiary/aromatic N) is 2. The molecular formula is C17H21ClN2O2. The quantitative estimate of drug-likeness (QED) is 0.820. The van der Waals surface area contributed by atoms with Crippen molar-refractivity contribution < 1.29 is 9.47 Å². The summed E-state index contributed by atoms with van der Waals surface area (Å²) < 4.78 is 11.0.